The number of nitrogens with zero attached hydrogens (tertiary/aromatic N) is 2. The predicted molar refractivity (Wildman–Crippen MR) is 74.5 cm³/mol. The summed E-state index contributed by atoms with van der Waals surface area (Å²) in [5.41, 5.74) is 9.62. The van der Waals surface area contributed by atoms with Gasteiger partial charge in [-0.3, -0.25) is 4.68 Å². The molecule has 1 unspecified atom stereocenters. The van der Waals surface area contributed by atoms with Gasteiger partial charge >= 0.3 is 0 Å². The molecule has 2 rings (SSSR count). The first-order valence-electron chi connectivity index (χ1n) is 6.51. The van der Waals surface area contributed by atoms with Crippen molar-refractivity contribution in [1.29, 1.82) is 0 Å². The van der Waals surface area contributed by atoms with Crippen molar-refractivity contribution in [3.63, 3.8) is 0 Å². The second-order valence-corrected chi connectivity index (χ2v) is 4.65. The molecule has 18 heavy (non-hydrogen) atoms. The Kier molecular flexibility index (Phi) is 4.15. The van der Waals surface area contributed by atoms with Crippen LogP contribution < -0.4 is 5.73 Å². The van der Waals surface area contributed by atoms with Crippen LogP contribution in [0.2, 0.25) is 0 Å². The van der Waals surface area contributed by atoms with Gasteiger partial charge in [0.1, 0.15) is 0 Å². The van der Waals surface area contributed by atoms with Crippen molar-refractivity contribution < 1.29 is 0 Å². The molecule has 96 valence electrons. The Morgan fingerprint density at radius 2 is 2.00 bits per heavy atom. The molecule has 0 aliphatic carbocycles. The van der Waals surface area contributed by atoms with Gasteiger partial charge in [-0.15, -0.1) is 0 Å². The van der Waals surface area contributed by atoms with Gasteiger partial charge in [0.2, 0.25) is 0 Å². The minimum atomic E-state index is 0.367. The van der Waals surface area contributed by atoms with Crippen LogP contribution in [0.3, 0.4) is 0 Å². The Morgan fingerprint density at radius 1 is 1.28 bits per heavy atom. The van der Waals surface area contributed by atoms with Gasteiger partial charge in [-0.05, 0) is 31.0 Å². The lowest BCUT2D eigenvalue weighted by molar-refractivity contribution is 0.628. The van der Waals surface area contributed by atoms with Crippen LogP contribution in [0, 0.1) is 0 Å². The topological polar surface area (TPSA) is 43.8 Å². The molecule has 0 radical (unpaired) electrons. The van der Waals surface area contributed by atoms with E-state index in [1.54, 1.807) is 0 Å². The van der Waals surface area contributed by atoms with Crippen LogP contribution in [0.25, 0.3) is 0 Å². The lowest BCUT2D eigenvalue weighted by Gasteiger charge is -2.15. The Morgan fingerprint density at radius 3 is 2.56 bits per heavy atom. The van der Waals surface area contributed by atoms with Gasteiger partial charge in [-0.25, -0.2) is 0 Å². The largest absolute Gasteiger partial charge is 0.330 e. The molecule has 3 nitrogen and oxygen atoms in total. The molecule has 0 saturated heterocycles. The molecule has 0 aliphatic rings. The maximum absolute atomic E-state index is 5.91. The van der Waals surface area contributed by atoms with Crippen molar-refractivity contribution in [2.24, 2.45) is 12.8 Å². The van der Waals surface area contributed by atoms with Crippen molar-refractivity contribution in [1.82, 2.24) is 9.78 Å². The number of rotatable bonds is 5. The van der Waals surface area contributed by atoms with E-state index in [0.29, 0.717) is 12.5 Å². The first-order valence-corrected chi connectivity index (χ1v) is 6.51. The summed E-state index contributed by atoms with van der Waals surface area (Å²) in [7, 11) is 2.01. The molecular weight excluding hydrogens is 222 g/mol. The average Bonchev–Trinajstić information content (AvgIpc) is 2.77. The summed E-state index contributed by atoms with van der Waals surface area (Å²) in [6.45, 7) is 2.79. The third-order valence-electron chi connectivity index (χ3n) is 3.40. The van der Waals surface area contributed by atoms with E-state index < -0.39 is 0 Å². The van der Waals surface area contributed by atoms with E-state index in [9.17, 15) is 0 Å². The van der Waals surface area contributed by atoms with Gasteiger partial charge in [0.05, 0.1) is 5.69 Å². The van der Waals surface area contributed by atoms with Crippen LogP contribution in [0.15, 0.2) is 36.4 Å². The lowest BCUT2D eigenvalue weighted by Crippen LogP contribution is -2.16. The predicted octanol–water partition coefficient (Wildman–Crippen LogP) is 2.27. The van der Waals surface area contributed by atoms with Gasteiger partial charge in [0.25, 0.3) is 0 Å². The number of aryl methyl sites for hydroxylation is 2. The molecule has 1 aromatic carbocycles. The van der Waals surface area contributed by atoms with E-state index in [0.717, 1.165) is 18.5 Å². The van der Waals surface area contributed by atoms with Gasteiger partial charge in [0, 0.05) is 18.7 Å². The second kappa shape index (κ2) is 5.83. The third kappa shape index (κ3) is 2.79. The number of hydrogen-bond donors (Lipinski definition) is 1. The molecule has 1 aromatic heterocycles. The summed E-state index contributed by atoms with van der Waals surface area (Å²) in [6, 6.07) is 12.7. The third-order valence-corrected chi connectivity index (χ3v) is 3.40. The van der Waals surface area contributed by atoms with Gasteiger partial charge in [-0.2, -0.15) is 5.10 Å². The number of benzene rings is 1. The van der Waals surface area contributed by atoms with Crippen molar-refractivity contribution in [3.8, 4) is 0 Å². The van der Waals surface area contributed by atoms with Crippen LogP contribution in [0.1, 0.15) is 29.8 Å². The normalized spacial score (nSPS) is 12.6. The summed E-state index contributed by atoms with van der Waals surface area (Å²) in [6.07, 6.45) is 1.93. The number of hydrogen-bond acceptors (Lipinski definition) is 2. The van der Waals surface area contributed by atoms with E-state index in [-0.39, 0.29) is 0 Å². The molecule has 1 atom stereocenters. The van der Waals surface area contributed by atoms with Crippen LogP contribution in [0.4, 0.5) is 0 Å². The minimum absolute atomic E-state index is 0.367. The highest BCUT2D eigenvalue weighted by atomic mass is 15.3. The molecular formula is C15H21N3. The zero-order chi connectivity index (χ0) is 13.0. The molecule has 0 bridgehead atoms. The van der Waals surface area contributed by atoms with E-state index in [1.165, 1.54) is 11.3 Å². The molecule has 0 amide bonds. The molecule has 0 fully saturated rings. The molecule has 2 aromatic rings. The summed E-state index contributed by atoms with van der Waals surface area (Å²) in [5.74, 6) is 0.367. The summed E-state index contributed by atoms with van der Waals surface area (Å²) >= 11 is 0. The Balaban J connectivity index is 2.18. The Hall–Kier alpha value is -1.61. The van der Waals surface area contributed by atoms with Crippen molar-refractivity contribution in [2.75, 3.05) is 6.54 Å². The van der Waals surface area contributed by atoms with Crippen molar-refractivity contribution in [3.05, 3.63) is 53.3 Å². The van der Waals surface area contributed by atoms with Crippen LogP contribution in [-0.2, 0) is 19.9 Å². The molecule has 0 saturated carbocycles. The van der Waals surface area contributed by atoms with Gasteiger partial charge < -0.3 is 5.73 Å². The van der Waals surface area contributed by atoms with E-state index in [1.807, 2.05) is 17.8 Å². The summed E-state index contributed by atoms with van der Waals surface area (Å²) in [4.78, 5) is 0. The first-order chi connectivity index (χ1) is 8.74. The standard InChI is InChI=1S/C15H21N3/c1-3-14-10-15(18(2)17-14)9-13(11-16)12-7-5-4-6-8-12/h4-8,10,13H,3,9,11,16H2,1-2H3. The molecule has 3 heteroatoms. The van der Waals surface area contributed by atoms with Gasteiger partial charge in [0.15, 0.2) is 0 Å². The quantitative estimate of drug-likeness (QED) is 0.875. The number of aromatic nitrogens is 2. The molecule has 0 aliphatic heterocycles. The minimum Gasteiger partial charge on any atom is -0.330 e. The maximum Gasteiger partial charge on any atom is 0.0624 e. The van der Waals surface area contributed by atoms with Crippen molar-refractivity contribution >= 4 is 0 Å². The second-order valence-electron chi connectivity index (χ2n) is 4.65. The lowest BCUT2D eigenvalue weighted by atomic mass is 9.94. The Bertz CT molecular complexity index is 488. The monoisotopic (exact) mass is 243 g/mol. The highest BCUT2D eigenvalue weighted by Crippen LogP contribution is 2.20. The van der Waals surface area contributed by atoms with Gasteiger partial charge in [-0.1, -0.05) is 37.3 Å². The SMILES string of the molecule is CCc1cc(CC(CN)c2ccccc2)n(C)n1. The van der Waals surface area contributed by atoms with Crippen molar-refractivity contribution in [2.45, 2.75) is 25.7 Å². The first kappa shape index (κ1) is 12.8. The zero-order valence-electron chi connectivity index (χ0n) is 11.1. The average molecular weight is 243 g/mol. The van der Waals surface area contributed by atoms with E-state index >= 15 is 0 Å². The zero-order valence-corrected chi connectivity index (χ0v) is 11.1. The van der Waals surface area contributed by atoms with Crippen LogP contribution in [-0.4, -0.2) is 16.3 Å². The fourth-order valence-corrected chi connectivity index (χ4v) is 2.25. The highest BCUT2D eigenvalue weighted by molar-refractivity contribution is 5.23. The highest BCUT2D eigenvalue weighted by Gasteiger charge is 2.13. The summed E-state index contributed by atoms with van der Waals surface area (Å²) < 4.78 is 1.98. The van der Waals surface area contributed by atoms with Crippen LogP contribution in [0.5, 0.6) is 0 Å². The molecule has 2 N–H and O–H groups in total. The maximum atomic E-state index is 5.91. The van der Waals surface area contributed by atoms with Crippen LogP contribution >= 0.6 is 0 Å². The number of nitrogens with two attached hydrogens (primary N) is 1. The molecule has 1 heterocycles. The van der Waals surface area contributed by atoms with E-state index in [2.05, 4.69) is 42.4 Å². The smallest absolute Gasteiger partial charge is 0.0624 e. The summed E-state index contributed by atoms with van der Waals surface area (Å²) in [5, 5.41) is 4.49. The van der Waals surface area contributed by atoms with E-state index in [4.69, 9.17) is 5.73 Å². The molecule has 0 spiro atoms. The fourth-order valence-electron chi connectivity index (χ4n) is 2.25. The Labute approximate surface area is 109 Å². The fraction of sp³-hybridized carbons (Fsp3) is 0.400.